The highest BCUT2D eigenvalue weighted by Gasteiger charge is 2.29. The third kappa shape index (κ3) is 7.19. The molecule has 0 saturated heterocycles. The van der Waals surface area contributed by atoms with Gasteiger partial charge in [0, 0.05) is 12.1 Å². The third-order valence-electron chi connectivity index (χ3n) is 5.74. The van der Waals surface area contributed by atoms with Crippen LogP contribution in [0.3, 0.4) is 0 Å². The van der Waals surface area contributed by atoms with Crippen LogP contribution in [-0.2, 0) is 4.74 Å². The van der Waals surface area contributed by atoms with Crippen molar-refractivity contribution < 1.29 is 19.1 Å². The summed E-state index contributed by atoms with van der Waals surface area (Å²) in [6.45, 7) is 9.52. The second-order valence-corrected chi connectivity index (χ2v) is 10.2. The zero-order valence-electron chi connectivity index (χ0n) is 21.8. The lowest BCUT2D eigenvalue weighted by Gasteiger charge is -2.33. The molecule has 1 aliphatic carbocycles. The number of nitrogens with one attached hydrogen (secondary N) is 3. The molecule has 11 heteroatoms. The summed E-state index contributed by atoms with van der Waals surface area (Å²) in [5.74, 6) is 1.06. The van der Waals surface area contributed by atoms with E-state index < -0.39 is 17.6 Å². The van der Waals surface area contributed by atoms with Crippen LogP contribution in [0.5, 0.6) is 5.75 Å². The van der Waals surface area contributed by atoms with Crippen LogP contribution in [0.25, 0.3) is 0 Å². The summed E-state index contributed by atoms with van der Waals surface area (Å²) in [7, 11) is 1.60. The van der Waals surface area contributed by atoms with Crippen molar-refractivity contribution in [3.05, 3.63) is 29.6 Å². The molecule has 36 heavy (non-hydrogen) atoms. The minimum absolute atomic E-state index is 0.00339. The first-order chi connectivity index (χ1) is 17.0. The number of amides is 2. The highest BCUT2D eigenvalue weighted by atomic mass is 16.6. The summed E-state index contributed by atoms with van der Waals surface area (Å²) in [6.07, 6.45) is 3.20. The molecule has 0 bridgehead atoms. The monoisotopic (exact) mass is 499 g/mol. The van der Waals surface area contributed by atoms with E-state index in [9.17, 15) is 9.59 Å². The van der Waals surface area contributed by atoms with Crippen LogP contribution in [0, 0.1) is 0 Å². The zero-order valence-corrected chi connectivity index (χ0v) is 21.8. The van der Waals surface area contributed by atoms with Crippen molar-refractivity contribution in [3.63, 3.8) is 0 Å². The first-order valence-electron chi connectivity index (χ1n) is 12.2. The van der Waals surface area contributed by atoms with Crippen molar-refractivity contribution in [2.75, 3.05) is 17.7 Å². The van der Waals surface area contributed by atoms with Gasteiger partial charge < -0.3 is 31.2 Å². The molecule has 196 valence electrons. The summed E-state index contributed by atoms with van der Waals surface area (Å²) in [6, 6.07) is 5.02. The fraction of sp³-hybridized carbons (Fsp3) is 0.560. The Bertz CT molecular complexity index is 1080. The third-order valence-corrected chi connectivity index (χ3v) is 5.74. The Labute approximate surface area is 211 Å². The van der Waals surface area contributed by atoms with Crippen LogP contribution in [0.1, 0.15) is 82.4 Å². The van der Waals surface area contributed by atoms with Crippen LogP contribution in [0.15, 0.2) is 18.2 Å². The standard InChI is InChI=1S/C25H37N7O4/c1-14(2)21-18(35-6)11-12-19(30-21)28-17-13-20(31-32-22(17)23(26)33)27-15-9-7-8-10-16(15)29-24(34)36-25(3,4)5/h11-16H,7-10H2,1-6H3,(H2,26,33)(H,29,34)(H2,27,28,30,31)/t15-,16+/m1/s1. The van der Waals surface area contributed by atoms with Gasteiger partial charge in [-0.15, -0.1) is 10.2 Å². The molecule has 3 rings (SSSR count). The topological polar surface area (TPSA) is 153 Å². The summed E-state index contributed by atoms with van der Waals surface area (Å²) < 4.78 is 10.8. The van der Waals surface area contributed by atoms with Crippen LogP contribution in [-0.4, -0.2) is 52.0 Å². The van der Waals surface area contributed by atoms with Gasteiger partial charge in [-0.1, -0.05) is 26.7 Å². The summed E-state index contributed by atoms with van der Waals surface area (Å²) in [4.78, 5) is 29.0. The zero-order chi connectivity index (χ0) is 26.5. The predicted octanol–water partition coefficient (Wildman–Crippen LogP) is 4.09. The number of pyridine rings is 1. The molecule has 0 unspecified atom stereocenters. The van der Waals surface area contributed by atoms with Gasteiger partial charge in [0.05, 0.1) is 24.5 Å². The lowest BCUT2D eigenvalue weighted by molar-refractivity contribution is 0.0488. The number of carbonyl (C=O) groups is 2. The number of primary amides is 1. The van der Waals surface area contributed by atoms with E-state index in [1.54, 1.807) is 19.2 Å². The molecule has 0 radical (unpaired) electrons. The van der Waals surface area contributed by atoms with Gasteiger partial charge in [-0.2, -0.15) is 0 Å². The van der Waals surface area contributed by atoms with Gasteiger partial charge >= 0.3 is 6.09 Å². The number of alkyl carbamates (subject to hydrolysis) is 1. The highest BCUT2D eigenvalue weighted by molar-refractivity contribution is 5.97. The molecule has 0 aromatic carbocycles. The van der Waals surface area contributed by atoms with Gasteiger partial charge in [-0.3, -0.25) is 4.79 Å². The van der Waals surface area contributed by atoms with Gasteiger partial charge in [-0.05, 0) is 51.7 Å². The van der Waals surface area contributed by atoms with Crippen molar-refractivity contribution in [1.29, 1.82) is 0 Å². The maximum atomic E-state index is 12.4. The number of nitrogens with two attached hydrogens (primary N) is 1. The Balaban J connectivity index is 1.82. The number of nitrogens with zero attached hydrogens (tertiary/aromatic N) is 3. The number of carbonyl (C=O) groups excluding carboxylic acids is 2. The van der Waals surface area contributed by atoms with E-state index in [1.807, 2.05) is 40.7 Å². The Morgan fingerprint density at radius 2 is 1.78 bits per heavy atom. The van der Waals surface area contributed by atoms with E-state index in [0.29, 0.717) is 23.1 Å². The number of methoxy groups -OCH3 is 1. The molecular weight excluding hydrogens is 462 g/mol. The Morgan fingerprint density at radius 1 is 1.08 bits per heavy atom. The van der Waals surface area contributed by atoms with Crippen molar-refractivity contribution in [2.24, 2.45) is 5.73 Å². The molecule has 2 heterocycles. The lowest BCUT2D eigenvalue weighted by Crippen LogP contribution is -2.49. The molecule has 2 aromatic rings. The van der Waals surface area contributed by atoms with Crippen LogP contribution in [0.2, 0.25) is 0 Å². The van der Waals surface area contributed by atoms with E-state index in [-0.39, 0.29) is 23.7 Å². The minimum atomic E-state index is -0.712. The molecule has 2 atom stereocenters. The van der Waals surface area contributed by atoms with Gasteiger partial charge in [0.2, 0.25) is 0 Å². The van der Waals surface area contributed by atoms with E-state index in [1.165, 1.54) is 0 Å². The van der Waals surface area contributed by atoms with E-state index >= 15 is 0 Å². The van der Waals surface area contributed by atoms with Crippen LogP contribution >= 0.6 is 0 Å². The first kappa shape index (κ1) is 27.0. The largest absolute Gasteiger partial charge is 0.495 e. The number of anilines is 3. The average Bonchev–Trinajstić information content (AvgIpc) is 2.79. The molecule has 0 aliphatic heterocycles. The maximum absolute atomic E-state index is 12.4. The normalized spacial score (nSPS) is 17.9. The fourth-order valence-corrected chi connectivity index (χ4v) is 4.12. The van der Waals surface area contributed by atoms with Crippen molar-refractivity contribution in [3.8, 4) is 5.75 Å². The number of hydrogen-bond donors (Lipinski definition) is 4. The Morgan fingerprint density at radius 3 is 2.39 bits per heavy atom. The molecule has 5 N–H and O–H groups in total. The SMILES string of the molecule is COc1ccc(Nc2cc(N[C@@H]3CCCC[C@@H]3NC(=O)OC(C)(C)C)nnc2C(N)=O)nc1C(C)C. The Kier molecular flexibility index (Phi) is 8.54. The molecular formula is C25H37N7O4. The van der Waals surface area contributed by atoms with Crippen molar-refractivity contribution in [2.45, 2.75) is 83.9 Å². The maximum Gasteiger partial charge on any atom is 0.407 e. The molecule has 1 saturated carbocycles. The van der Waals surface area contributed by atoms with E-state index in [0.717, 1.165) is 31.4 Å². The molecule has 1 aliphatic rings. The van der Waals surface area contributed by atoms with E-state index in [4.69, 9.17) is 15.2 Å². The molecule has 1 fully saturated rings. The summed E-state index contributed by atoms with van der Waals surface area (Å²) >= 11 is 0. The predicted molar refractivity (Wildman–Crippen MR) is 138 cm³/mol. The van der Waals surface area contributed by atoms with Crippen LogP contribution < -0.4 is 26.4 Å². The van der Waals surface area contributed by atoms with E-state index in [2.05, 4.69) is 31.1 Å². The molecule has 2 aromatic heterocycles. The minimum Gasteiger partial charge on any atom is -0.495 e. The van der Waals surface area contributed by atoms with Crippen molar-refractivity contribution in [1.82, 2.24) is 20.5 Å². The Hall–Kier alpha value is -3.63. The molecule has 0 spiro atoms. The number of aromatic nitrogens is 3. The highest BCUT2D eigenvalue weighted by Crippen LogP contribution is 2.29. The van der Waals surface area contributed by atoms with Gasteiger partial charge in [0.15, 0.2) is 11.5 Å². The smallest absolute Gasteiger partial charge is 0.407 e. The number of hydrogen-bond acceptors (Lipinski definition) is 9. The van der Waals surface area contributed by atoms with Gasteiger partial charge in [0.25, 0.3) is 5.91 Å². The number of rotatable bonds is 8. The fourth-order valence-electron chi connectivity index (χ4n) is 4.12. The molecule has 2 amide bonds. The summed E-state index contributed by atoms with van der Waals surface area (Å²) in [5.41, 5.74) is 6.12. The second-order valence-electron chi connectivity index (χ2n) is 10.2. The van der Waals surface area contributed by atoms with Crippen molar-refractivity contribution >= 4 is 29.3 Å². The summed E-state index contributed by atoms with van der Waals surface area (Å²) in [5, 5.41) is 17.7. The second kappa shape index (κ2) is 11.4. The van der Waals surface area contributed by atoms with Gasteiger partial charge in [-0.25, -0.2) is 9.78 Å². The van der Waals surface area contributed by atoms with Gasteiger partial charge in [0.1, 0.15) is 17.2 Å². The quantitative estimate of drug-likeness (QED) is 0.420. The number of ether oxygens (including phenoxy) is 2. The average molecular weight is 500 g/mol. The lowest BCUT2D eigenvalue weighted by atomic mass is 9.90. The first-order valence-corrected chi connectivity index (χ1v) is 12.2. The van der Waals surface area contributed by atoms with Crippen LogP contribution in [0.4, 0.5) is 22.1 Å². The molecule has 11 nitrogen and oxygen atoms in total.